The van der Waals surface area contributed by atoms with Crippen molar-refractivity contribution in [3.05, 3.63) is 40.0 Å². The Morgan fingerprint density at radius 2 is 2.39 bits per heavy atom. The van der Waals surface area contributed by atoms with Crippen LogP contribution in [0.3, 0.4) is 0 Å². The SMILES string of the molecule is Cc1ccc([C@H]2C=C(C(=O)O)Nc3ncnn32)s1. The van der Waals surface area contributed by atoms with E-state index in [2.05, 4.69) is 15.4 Å². The number of carbonyl (C=O) groups is 1. The van der Waals surface area contributed by atoms with Gasteiger partial charge in [-0.25, -0.2) is 9.48 Å². The Morgan fingerprint density at radius 1 is 1.56 bits per heavy atom. The highest BCUT2D eigenvalue weighted by atomic mass is 32.1. The number of nitrogens with one attached hydrogen (secondary N) is 1. The molecule has 0 amide bonds. The fourth-order valence-electron chi connectivity index (χ4n) is 1.87. The monoisotopic (exact) mass is 262 g/mol. The molecule has 0 unspecified atom stereocenters. The molecule has 0 fully saturated rings. The van der Waals surface area contributed by atoms with E-state index < -0.39 is 5.97 Å². The zero-order valence-electron chi connectivity index (χ0n) is 9.49. The summed E-state index contributed by atoms with van der Waals surface area (Å²) in [5, 5.41) is 16.0. The molecule has 2 N–H and O–H groups in total. The van der Waals surface area contributed by atoms with Crippen molar-refractivity contribution in [1.29, 1.82) is 0 Å². The molecule has 92 valence electrons. The van der Waals surface area contributed by atoms with Crippen LogP contribution < -0.4 is 5.32 Å². The lowest BCUT2D eigenvalue weighted by atomic mass is 10.2. The van der Waals surface area contributed by atoms with Crippen LogP contribution in [0, 0.1) is 6.92 Å². The van der Waals surface area contributed by atoms with Gasteiger partial charge in [0, 0.05) is 9.75 Å². The van der Waals surface area contributed by atoms with Crippen molar-refractivity contribution in [1.82, 2.24) is 14.8 Å². The van der Waals surface area contributed by atoms with Crippen molar-refractivity contribution < 1.29 is 9.90 Å². The van der Waals surface area contributed by atoms with Crippen LogP contribution in [0.25, 0.3) is 0 Å². The number of thiophene rings is 1. The number of aryl methyl sites for hydroxylation is 1. The highest BCUT2D eigenvalue weighted by molar-refractivity contribution is 7.12. The summed E-state index contributed by atoms with van der Waals surface area (Å²) in [7, 11) is 0. The molecule has 1 aliphatic heterocycles. The van der Waals surface area contributed by atoms with Gasteiger partial charge in [-0.2, -0.15) is 10.1 Å². The third kappa shape index (κ3) is 1.68. The molecule has 2 aromatic heterocycles. The van der Waals surface area contributed by atoms with Crippen LogP contribution in [0.1, 0.15) is 15.8 Å². The molecule has 2 aromatic rings. The molecule has 0 aromatic carbocycles. The molecule has 0 saturated heterocycles. The van der Waals surface area contributed by atoms with Crippen molar-refractivity contribution in [3.8, 4) is 0 Å². The van der Waals surface area contributed by atoms with E-state index >= 15 is 0 Å². The number of carboxylic acid groups (broad SMARTS) is 1. The van der Waals surface area contributed by atoms with Crippen LogP contribution in [-0.4, -0.2) is 25.8 Å². The molecular weight excluding hydrogens is 252 g/mol. The standard InChI is InChI=1S/C11H10N4O2S/c1-6-2-3-9(18-6)8-4-7(10(16)17)14-11-12-5-13-15(8)11/h2-5,8H,1H3,(H,16,17)(H,12,13,14)/t8-/m1/s1. The van der Waals surface area contributed by atoms with E-state index in [0.717, 1.165) is 4.88 Å². The number of aliphatic carboxylic acids is 1. The number of hydrogen-bond donors (Lipinski definition) is 2. The first kappa shape index (κ1) is 11.0. The molecular formula is C11H10N4O2S. The Morgan fingerprint density at radius 3 is 3.06 bits per heavy atom. The first-order chi connectivity index (χ1) is 8.65. The number of hydrogen-bond acceptors (Lipinski definition) is 5. The molecule has 6 nitrogen and oxygen atoms in total. The van der Waals surface area contributed by atoms with Crippen LogP contribution in [0.2, 0.25) is 0 Å². The number of nitrogens with zero attached hydrogens (tertiary/aromatic N) is 3. The van der Waals surface area contributed by atoms with Crippen molar-refractivity contribution in [3.63, 3.8) is 0 Å². The molecule has 3 rings (SSSR count). The number of aromatic nitrogens is 3. The summed E-state index contributed by atoms with van der Waals surface area (Å²) in [5.74, 6) is -0.548. The quantitative estimate of drug-likeness (QED) is 0.859. The van der Waals surface area contributed by atoms with Gasteiger partial charge in [0.2, 0.25) is 5.95 Å². The number of allylic oxidation sites excluding steroid dienone is 1. The second kappa shape index (κ2) is 3.95. The summed E-state index contributed by atoms with van der Waals surface area (Å²) in [5.41, 5.74) is 0.131. The van der Waals surface area contributed by atoms with Crippen molar-refractivity contribution in [2.24, 2.45) is 0 Å². The van der Waals surface area contributed by atoms with Gasteiger partial charge in [-0.15, -0.1) is 11.3 Å². The molecule has 7 heteroatoms. The van der Waals surface area contributed by atoms with Crippen molar-refractivity contribution in [2.75, 3.05) is 5.32 Å². The Balaban J connectivity index is 2.10. The summed E-state index contributed by atoms with van der Waals surface area (Å²) in [4.78, 5) is 17.3. The van der Waals surface area contributed by atoms with Crippen LogP contribution in [-0.2, 0) is 4.79 Å². The lowest BCUT2D eigenvalue weighted by Crippen LogP contribution is -2.23. The van der Waals surface area contributed by atoms with Gasteiger partial charge in [0.25, 0.3) is 0 Å². The molecule has 0 bridgehead atoms. The lowest BCUT2D eigenvalue weighted by molar-refractivity contribution is -0.132. The van der Waals surface area contributed by atoms with Crippen molar-refractivity contribution >= 4 is 23.3 Å². The van der Waals surface area contributed by atoms with Crippen LogP contribution in [0.4, 0.5) is 5.95 Å². The zero-order valence-corrected chi connectivity index (χ0v) is 10.3. The van der Waals surface area contributed by atoms with Crippen molar-refractivity contribution in [2.45, 2.75) is 13.0 Å². The fourth-order valence-corrected chi connectivity index (χ4v) is 2.81. The average Bonchev–Trinajstić information content (AvgIpc) is 2.95. The molecule has 0 aliphatic carbocycles. The minimum Gasteiger partial charge on any atom is -0.477 e. The first-order valence-corrected chi connectivity index (χ1v) is 6.15. The molecule has 0 saturated carbocycles. The maximum atomic E-state index is 11.1. The van der Waals surface area contributed by atoms with Gasteiger partial charge in [0.05, 0.1) is 0 Å². The van der Waals surface area contributed by atoms with E-state index in [1.165, 1.54) is 11.2 Å². The van der Waals surface area contributed by atoms with E-state index in [-0.39, 0.29) is 11.7 Å². The highest BCUT2D eigenvalue weighted by Gasteiger charge is 2.26. The zero-order chi connectivity index (χ0) is 12.7. The Hall–Kier alpha value is -2.15. The maximum absolute atomic E-state index is 11.1. The van der Waals surface area contributed by atoms with E-state index in [9.17, 15) is 4.79 Å². The van der Waals surface area contributed by atoms with E-state index in [0.29, 0.717) is 5.95 Å². The maximum Gasteiger partial charge on any atom is 0.352 e. The second-order valence-electron chi connectivity index (χ2n) is 3.93. The molecule has 1 atom stereocenters. The van der Waals surface area contributed by atoms with E-state index in [1.807, 2.05) is 19.1 Å². The summed E-state index contributed by atoms with van der Waals surface area (Å²) >= 11 is 1.62. The third-order valence-corrected chi connectivity index (χ3v) is 3.76. The van der Waals surface area contributed by atoms with Gasteiger partial charge in [0.1, 0.15) is 18.1 Å². The Labute approximate surface area is 107 Å². The largest absolute Gasteiger partial charge is 0.477 e. The molecule has 1 aliphatic rings. The average molecular weight is 262 g/mol. The number of fused-ring (bicyclic) bond motifs is 1. The lowest BCUT2D eigenvalue weighted by Gasteiger charge is -2.21. The third-order valence-electron chi connectivity index (χ3n) is 2.69. The number of rotatable bonds is 2. The summed E-state index contributed by atoms with van der Waals surface area (Å²) in [6.07, 6.45) is 3.06. The first-order valence-electron chi connectivity index (χ1n) is 5.33. The van der Waals surface area contributed by atoms with Gasteiger partial charge >= 0.3 is 5.97 Å². The van der Waals surface area contributed by atoms with Gasteiger partial charge < -0.3 is 10.4 Å². The van der Waals surface area contributed by atoms with E-state index in [4.69, 9.17) is 5.11 Å². The summed E-state index contributed by atoms with van der Waals surface area (Å²) < 4.78 is 1.68. The van der Waals surface area contributed by atoms with Gasteiger partial charge in [0.15, 0.2) is 0 Å². The van der Waals surface area contributed by atoms with Crippen LogP contribution in [0.15, 0.2) is 30.2 Å². The van der Waals surface area contributed by atoms with Crippen LogP contribution >= 0.6 is 11.3 Å². The minimum absolute atomic E-state index is 0.131. The topological polar surface area (TPSA) is 80.0 Å². The normalized spacial score (nSPS) is 17.8. The Bertz CT molecular complexity index is 643. The molecule has 0 spiro atoms. The number of anilines is 1. The highest BCUT2D eigenvalue weighted by Crippen LogP contribution is 2.32. The minimum atomic E-state index is -0.998. The molecule has 3 heterocycles. The predicted octanol–water partition coefficient (Wildman–Crippen LogP) is 1.63. The summed E-state index contributed by atoms with van der Waals surface area (Å²) in [6.45, 7) is 2.01. The molecule has 0 radical (unpaired) electrons. The van der Waals surface area contributed by atoms with Gasteiger partial charge in [-0.3, -0.25) is 0 Å². The van der Waals surface area contributed by atoms with Gasteiger partial charge in [-0.05, 0) is 25.1 Å². The van der Waals surface area contributed by atoms with E-state index in [1.54, 1.807) is 22.1 Å². The Kier molecular flexibility index (Phi) is 2.41. The van der Waals surface area contributed by atoms with Gasteiger partial charge in [-0.1, -0.05) is 0 Å². The molecule has 18 heavy (non-hydrogen) atoms. The summed E-state index contributed by atoms with van der Waals surface area (Å²) in [6, 6.07) is 3.78. The fraction of sp³-hybridized carbons (Fsp3) is 0.182. The second-order valence-corrected chi connectivity index (χ2v) is 5.25. The van der Waals surface area contributed by atoms with Crippen LogP contribution in [0.5, 0.6) is 0 Å². The smallest absolute Gasteiger partial charge is 0.352 e. The number of carboxylic acids is 1. The predicted molar refractivity (Wildman–Crippen MR) is 66.6 cm³/mol.